The Balaban J connectivity index is 2.21. The highest BCUT2D eigenvalue weighted by atomic mass is 16.6. The van der Waals surface area contributed by atoms with Crippen LogP contribution in [0.15, 0.2) is 59.7 Å². The first-order chi connectivity index (χ1) is 9.49. The van der Waals surface area contributed by atoms with Crippen molar-refractivity contribution in [2.24, 2.45) is 5.10 Å². The SMILES string of the molecule is C[N+](C)(/N=C/c1ccccc1)c1ccc([N+](=O)[O-])cc1. The van der Waals surface area contributed by atoms with Gasteiger partial charge in [-0.05, 0) is 5.56 Å². The summed E-state index contributed by atoms with van der Waals surface area (Å²) in [5.41, 5.74) is 1.98. The molecular weight excluding hydrogens is 254 g/mol. The summed E-state index contributed by atoms with van der Waals surface area (Å²) in [6.45, 7) is 0. The van der Waals surface area contributed by atoms with E-state index in [0.29, 0.717) is 0 Å². The highest BCUT2D eigenvalue weighted by Gasteiger charge is 2.19. The summed E-state index contributed by atoms with van der Waals surface area (Å²) >= 11 is 0. The van der Waals surface area contributed by atoms with Crippen LogP contribution in [-0.4, -0.2) is 25.2 Å². The molecule has 2 rings (SSSR count). The molecule has 0 saturated carbocycles. The monoisotopic (exact) mass is 270 g/mol. The summed E-state index contributed by atoms with van der Waals surface area (Å²) in [7, 11) is 3.83. The number of quaternary nitrogens is 1. The highest BCUT2D eigenvalue weighted by Crippen LogP contribution is 2.22. The van der Waals surface area contributed by atoms with Crippen LogP contribution in [0, 0.1) is 10.1 Å². The molecule has 0 fully saturated rings. The molecule has 2 aromatic rings. The van der Waals surface area contributed by atoms with Crippen molar-refractivity contribution >= 4 is 17.6 Å². The molecule has 5 nitrogen and oxygen atoms in total. The Kier molecular flexibility index (Phi) is 3.91. The summed E-state index contributed by atoms with van der Waals surface area (Å²) in [6, 6.07) is 16.2. The third-order valence-corrected chi connectivity index (χ3v) is 2.99. The fourth-order valence-corrected chi connectivity index (χ4v) is 1.76. The smallest absolute Gasteiger partial charge is 0.258 e. The summed E-state index contributed by atoms with van der Waals surface area (Å²) in [5, 5.41) is 15.2. The molecule has 102 valence electrons. The zero-order valence-corrected chi connectivity index (χ0v) is 11.4. The van der Waals surface area contributed by atoms with Gasteiger partial charge in [-0.15, -0.1) is 0 Å². The van der Waals surface area contributed by atoms with E-state index in [1.54, 1.807) is 18.3 Å². The minimum atomic E-state index is -0.406. The van der Waals surface area contributed by atoms with Gasteiger partial charge in [0.2, 0.25) is 0 Å². The number of non-ortho nitro benzene ring substituents is 1. The number of nitrogens with zero attached hydrogens (tertiary/aromatic N) is 3. The van der Waals surface area contributed by atoms with Crippen LogP contribution in [0.25, 0.3) is 0 Å². The molecule has 20 heavy (non-hydrogen) atoms. The van der Waals surface area contributed by atoms with Gasteiger partial charge in [0, 0.05) is 24.3 Å². The Morgan fingerprint density at radius 3 is 2.20 bits per heavy atom. The standard InChI is InChI=1S/C15H16N3O2/c1-18(2,16-12-13-6-4-3-5-7-13)15-10-8-14(9-11-15)17(19)20/h3-12H,1-2H3/q+1/b16-12+. The molecular formula is C15H16N3O2+. The Bertz CT molecular complexity index is 619. The van der Waals surface area contributed by atoms with Crippen LogP contribution in [0.3, 0.4) is 0 Å². The molecule has 5 heteroatoms. The summed E-state index contributed by atoms with van der Waals surface area (Å²) in [5.74, 6) is 0. The maximum atomic E-state index is 10.6. The van der Waals surface area contributed by atoms with E-state index in [-0.39, 0.29) is 10.3 Å². The zero-order valence-electron chi connectivity index (χ0n) is 11.4. The lowest BCUT2D eigenvalue weighted by molar-refractivity contribution is -0.384. The molecule has 0 aliphatic heterocycles. The van der Waals surface area contributed by atoms with E-state index in [1.807, 2.05) is 44.4 Å². The molecule has 0 heterocycles. The minimum Gasteiger partial charge on any atom is -0.258 e. The second-order valence-corrected chi connectivity index (χ2v) is 4.82. The summed E-state index contributed by atoms with van der Waals surface area (Å²) in [6.07, 6.45) is 1.79. The number of nitro benzene ring substituents is 1. The first-order valence-corrected chi connectivity index (χ1v) is 6.19. The van der Waals surface area contributed by atoms with Crippen molar-refractivity contribution < 1.29 is 4.92 Å². The molecule has 0 aliphatic rings. The molecule has 0 bridgehead atoms. The van der Waals surface area contributed by atoms with Gasteiger partial charge in [-0.3, -0.25) is 10.1 Å². The summed E-state index contributed by atoms with van der Waals surface area (Å²) in [4.78, 5) is 10.2. The average Bonchev–Trinajstić information content (AvgIpc) is 2.46. The lowest BCUT2D eigenvalue weighted by Gasteiger charge is -2.21. The van der Waals surface area contributed by atoms with Gasteiger partial charge in [0.1, 0.15) is 0 Å². The molecule has 2 aromatic carbocycles. The number of hydrogen-bond acceptors (Lipinski definition) is 3. The van der Waals surface area contributed by atoms with Gasteiger partial charge in [0.15, 0.2) is 5.69 Å². The predicted octanol–water partition coefficient (Wildman–Crippen LogP) is 3.20. The van der Waals surface area contributed by atoms with Crippen molar-refractivity contribution in [1.82, 2.24) is 4.59 Å². The van der Waals surface area contributed by atoms with Crippen molar-refractivity contribution in [3.05, 3.63) is 70.3 Å². The molecule has 0 unspecified atom stereocenters. The second-order valence-electron chi connectivity index (χ2n) is 4.82. The van der Waals surface area contributed by atoms with Crippen LogP contribution in [0.4, 0.5) is 11.4 Å². The van der Waals surface area contributed by atoms with E-state index >= 15 is 0 Å². The third-order valence-electron chi connectivity index (χ3n) is 2.99. The van der Waals surface area contributed by atoms with E-state index in [9.17, 15) is 10.1 Å². The molecule has 0 radical (unpaired) electrons. The molecule has 0 spiro atoms. The average molecular weight is 270 g/mol. The van der Waals surface area contributed by atoms with Crippen LogP contribution in [0.5, 0.6) is 0 Å². The van der Waals surface area contributed by atoms with Gasteiger partial charge in [-0.2, -0.15) is 4.59 Å². The van der Waals surface area contributed by atoms with Crippen molar-refractivity contribution in [2.75, 3.05) is 14.1 Å². The maximum Gasteiger partial charge on any atom is 0.269 e. The van der Waals surface area contributed by atoms with Crippen LogP contribution in [0.2, 0.25) is 0 Å². The van der Waals surface area contributed by atoms with E-state index < -0.39 is 4.92 Å². The van der Waals surface area contributed by atoms with E-state index in [1.165, 1.54) is 12.1 Å². The quantitative estimate of drug-likeness (QED) is 0.371. The number of hydrogen-bond donors (Lipinski definition) is 0. The van der Waals surface area contributed by atoms with Crippen LogP contribution < -0.4 is 4.59 Å². The number of nitro groups is 1. The van der Waals surface area contributed by atoms with E-state index in [0.717, 1.165) is 11.3 Å². The minimum absolute atomic E-state index is 0.0841. The first kappa shape index (κ1) is 13.9. The Hall–Kier alpha value is -2.53. The van der Waals surface area contributed by atoms with E-state index in [2.05, 4.69) is 5.10 Å². The van der Waals surface area contributed by atoms with Gasteiger partial charge in [-0.1, -0.05) is 35.4 Å². The lowest BCUT2D eigenvalue weighted by Crippen LogP contribution is -2.33. The van der Waals surface area contributed by atoms with Crippen LogP contribution in [-0.2, 0) is 0 Å². The van der Waals surface area contributed by atoms with Crippen molar-refractivity contribution in [3.8, 4) is 0 Å². The fourth-order valence-electron chi connectivity index (χ4n) is 1.76. The molecule has 0 N–H and O–H groups in total. The van der Waals surface area contributed by atoms with Crippen LogP contribution >= 0.6 is 0 Å². The topological polar surface area (TPSA) is 55.5 Å². The van der Waals surface area contributed by atoms with Crippen molar-refractivity contribution in [1.29, 1.82) is 0 Å². The Morgan fingerprint density at radius 2 is 1.65 bits per heavy atom. The molecule has 0 atom stereocenters. The molecule has 0 aliphatic carbocycles. The Morgan fingerprint density at radius 1 is 1.05 bits per heavy atom. The van der Waals surface area contributed by atoms with Crippen LogP contribution in [0.1, 0.15) is 5.56 Å². The first-order valence-electron chi connectivity index (χ1n) is 6.19. The maximum absolute atomic E-state index is 10.6. The van der Waals surface area contributed by atoms with E-state index in [4.69, 9.17) is 0 Å². The van der Waals surface area contributed by atoms with Gasteiger partial charge in [0.05, 0.1) is 25.2 Å². The largest absolute Gasteiger partial charge is 0.269 e. The van der Waals surface area contributed by atoms with Crippen molar-refractivity contribution in [3.63, 3.8) is 0 Å². The van der Waals surface area contributed by atoms with Gasteiger partial charge in [-0.25, -0.2) is 0 Å². The lowest BCUT2D eigenvalue weighted by atomic mass is 10.2. The van der Waals surface area contributed by atoms with Gasteiger partial charge >= 0.3 is 0 Å². The number of benzene rings is 2. The Labute approximate surface area is 117 Å². The second kappa shape index (κ2) is 5.63. The van der Waals surface area contributed by atoms with Crippen molar-refractivity contribution in [2.45, 2.75) is 0 Å². The highest BCUT2D eigenvalue weighted by molar-refractivity contribution is 5.79. The summed E-state index contributed by atoms with van der Waals surface area (Å²) < 4.78 is 0.271. The molecule has 0 aromatic heterocycles. The normalized spacial score (nSPS) is 11.7. The van der Waals surface area contributed by atoms with Gasteiger partial charge in [0.25, 0.3) is 5.69 Å². The third kappa shape index (κ3) is 3.27. The van der Waals surface area contributed by atoms with Gasteiger partial charge < -0.3 is 0 Å². The fraction of sp³-hybridized carbons (Fsp3) is 0.133. The number of rotatable bonds is 4. The molecule has 0 saturated heterocycles. The zero-order chi connectivity index (χ0) is 14.6. The predicted molar refractivity (Wildman–Crippen MR) is 80.8 cm³/mol. The molecule has 0 amide bonds.